The van der Waals surface area contributed by atoms with Gasteiger partial charge in [-0.1, -0.05) is 12.1 Å². The van der Waals surface area contributed by atoms with Crippen LogP contribution in [0.4, 0.5) is 4.39 Å². The maximum absolute atomic E-state index is 14.5. The number of hydrogen-bond acceptors (Lipinski definition) is 6. The summed E-state index contributed by atoms with van der Waals surface area (Å²) in [7, 11) is 3.32. The number of carbonyl (C=O) groups excluding carboxylic acids is 2. The van der Waals surface area contributed by atoms with Crippen LogP contribution in [-0.2, 0) is 13.5 Å². The minimum Gasteiger partial charge on any atom is -0.493 e. The molecule has 3 aromatic carbocycles. The van der Waals surface area contributed by atoms with Gasteiger partial charge in [-0.25, -0.2) is 4.39 Å². The Labute approximate surface area is 236 Å². The molecule has 4 aromatic rings. The zero-order valence-corrected chi connectivity index (χ0v) is 22.7. The minimum atomic E-state index is -0.631. The molecule has 7 rings (SSSR count). The number of rotatable bonds is 2. The first-order valence-corrected chi connectivity index (χ1v) is 13.4. The Hall–Kier alpha value is -4.86. The highest BCUT2D eigenvalue weighted by molar-refractivity contribution is 5.95. The number of aryl methyl sites for hydroxylation is 1. The number of methoxy groups -OCH3 is 1. The summed E-state index contributed by atoms with van der Waals surface area (Å²) in [4.78, 5) is 28.4. The number of amides is 2. The van der Waals surface area contributed by atoms with E-state index in [1.54, 1.807) is 31.1 Å². The molecule has 0 radical (unpaired) electrons. The molecule has 0 aliphatic carbocycles. The number of hydrogen-bond donors (Lipinski definition) is 1. The van der Waals surface area contributed by atoms with Gasteiger partial charge in [0.15, 0.2) is 11.5 Å². The smallest absolute Gasteiger partial charge is 0.272 e. The Morgan fingerprint density at radius 3 is 2.73 bits per heavy atom. The predicted octanol–water partition coefficient (Wildman–Crippen LogP) is 4.66. The third-order valence-corrected chi connectivity index (χ3v) is 7.43. The van der Waals surface area contributed by atoms with Gasteiger partial charge >= 0.3 is 0 Å². The van der Waals surface area contributed by atoms with Crippen molar-refractivity contribution in [1.29, 1.82) is 0 Å². The lowest BCUT2D eigenvalue weighted by molar-refractivity contribution is 0.0682. The average molecular weight is 557 g/mol. The third-order valence-electron chi connectivity index (χ3n) is 7.43. The number of nitrogens with zero attached hydrogens (tertiary/aromatic N) is 3. The Morgan fingerprint density at radius 1 is 1.10 bits per heavy atom. The van der Waals surface area contributed by atoms with Crippen LogP contribution >= 0.6 is 0 Å². The van der Waals surface area contributed by atoms with Crippen LogP contribution in [0.3, 0.4) is 0 Å². The van der Waals surface area contributed by atoms with Crippen LogP contribution in [0.1, 0.15) is 50.0 Å². The van der Waals surface area contributed by atoms with E-state index in [0.29, 0.717) is 48.1 Å². The molecule has 1 unspecified atom stereocenters. The monoisotopic (exact) mass is 556 g/mol. The summed E-state index contributed by atoms with van der Waals surface area (Å²) in [6, 6.07) is 16.8. The Kier molecular flexibility index (Phi) is 7.05. The summed E-state index contributed by atoms with van der Waals surface area (Å²) < 4.78 is 33.8. The van der Waals surface area contributed by atoms with E-state index >= 15 is 0 Å². The molecule has 2 amide bonds. The molecule has 1 aromatic heterocycles. The van der Waals surface area contributed by atoms with E-state index in [1.807, 2.05) is 41.3 Å². The molecule has 8 bridgehead atoms. The normalized spacial score (nSPS) is 16.6. The van der Waals surface area contributed by atoms with Crippen molar-refractivity contribution in [3.63, 3.8) is 0 Å². The quantitative estimate of drug-likeness (QED) is 0.386. The molecule has 41 heavy (non-hydrogen) atoms. The summed E-state index contributed by atoms with van der Waals surface area (Å²) in [5, 5.41) is 6.93. The fourth-order valence-corrected chi connectivity index (χ4v) is 5.38. The molecule has 4 heterocycles. The fraction of sp³-hybridized carbons (Fsp3) is 0.258. The molecule has 10 heteroatoms. The van der Waals surface area contributed by atoms with Gasteiger partial charge in [0.25, 0.3) is 11.8 Å². The molecule has 9 nitrogen and oxygen atoms in total. The molecule has 3 aliphatic heterocycles. The second-order valence-electron chi connectivity index (χ2n) is 9.96. The van der Waals surface area contributed by atoms with Crippen LogP contribution in [0.5, 0.6) is 23.0 Å². The Morgan fingerprint density at radius 2 is 1.93 bits per heavy atom. The summed E-state index contributed by atoms with van der Waals surface area (Å²) in [5.41, 5.74) is 3.23. The maximum Gasteiger partial charge on any atom is 0.272 e. The van der Waals surface area contributed by atoms with Crippen LogP contribution in [0, 0.1) is 5.82 Å². The lowest BCUT2D eigenvalue weighted by Gasteiger charge is -2.38. The van der Waals surface area contributed by atoms with Gasteiger partial charge < -0.3 is 24.4 Å². The highest BCUT2D eigenvalue weighted by Crippen LogP contribution is 2.41. The molecule has 1 atom stereocenters. The van der Waals surface area contributed by atoms with Crippen molar-refractivity contribution in [1.82, 2.24) is 20.0 Å². The Balaban J connectivity index is 1.46. The van der Waals surface area contributed by atoms with Crippen molar-refractivity contribution in [2.45, 2.75) is 18.9 Å². The van der Waals surface area contributed by atoms with Gasteiger partial charge in [-0.05, 0) is 78.1 Å². The minimum absolute atomic E-state index is 0.0961. The van der Waals surface area contributed by atoms with Crippen molar-refractivity contribution in [2.75, 3.05) is 26.8 Å². The summed E-state index contributed by atoms with van der Waals surface area (Å²) in [6.45, 7) is 1.04. The standard InChI is InChI=1S/C31H29FN4O5/c1-35-26(10-13-34-35)31(38)36-14-11-19-16-21-5-7-23(19)29(36)20-4-9-27(39-2)28(17-20)40-15-3-12-33-30(37)24-18-22(41-21)6-8-25(24)32/h4-10,13,16-18,29H,3,11-12,14-15H2,1-2H3,(H,33,37). The molecule has 0 fully saturated rings. The highest BCUT2D eigenvalue weighted by Gasteiger charge is 2.34. The number of nitrogens with one attached hydrogen (secondary N) is 1. The van der Waals surface area contributed by atoms with Gasteiger partial charge in [0, 0.05) is 26.3 Å². The summed E-state index contributed by atoms with van der Waals surface area (Å²) in [5.74, 6) is 0.684. The second kappa shape index (κ2) is 11.0. The molecule has 0 saturated heterocycles. The van der Waals surface area contributed by atoms with E-state index in [4.69, 9.17) is 14.2 Å². The van der Waals surface area contributed by atoms with Crippen molar-refractivity contribution in [3.05, 3.63) is 101 Å². The predicted molar refractivity (Wildman–Crippen MR) is 148 cm³/mol. The van der Waals surface area contributed by atoms with Gasteiger partial charge in [-0.3, -0.25) is 14.3 Å². The largest absolute Gasteiger partial charge is 0.493 e. The lowest BCUT2D eigenvalue weighted by Crippen LogP contribution is -2.41. The van der Waals surface area contributed by atoms with Crippen molar-refractivity contribution >= 4 is 11.8 Å². The van der Waals surface area contributed by atoms with Crippen LogP contribution in [-0.4, -0.2) is 53.3 Å². The van der Waals surface area contributed by atoms with E-state index in [0.717, 1.165) is 16.7 Å². The number of fused-ring (bicyclic) bond motifs is 6. The number of carbonyl (C=O) groups is 2. The summed E-state index contributed by atoms with van der Waals surface area (Å²) in [6.07, 6.45) is 2.70. The van der Waals surface area contributed by atoms with Crippen LogP contribution in [0.15, 0.2) is 66.9 Å². The van der Waals surface area contributed by atoms with Gasteiger partial charge in [-0.15, -0.1) is 0 Å². The van der Waals surface area contributed by atoms with E-state index in [2.05, 4.69) is 10.4 Å². The lowest BCUT2D eigenvalue weighted by atomic mass is 9.87. The zero-order valence-electron chi connectivity index (χ0n) is 22.7. The molecule has 3 aliphatic rings. The van der Waals surface area contributed by atoms with E-state index in [9.17, 15) is 14.0 Å². The van der Waals surface area contributed by atoms with E-state index in [-0.39, 0.29) is 24.6 Å². The maximum atomic E-state index is 14.5. The van der Waals surface area contributed by atoms with Crippen LogP contribution < -0.4 is 19.5 Å². The fourth-order valence-electron chi connectivity index (χ4n) is 5.38. The molecular weight excluding hydrogens is 527 g/mol. The van der Waals surface area contributed by atoms with Crippen LogP contribution in [0.2, 0.25) is 0 Å². The van der Waals surface area contributed by atoms with Crippen molar-refractivity contribution in [2.24, 2.45) is 7.05 Å². The summed E-state index contributed by atoms with van der Waals surface area (Å²) >= 11 is 0. The topological polar surface area (TPSA) is 94.9 Å². The van der Waals surface area contributed by atoms with Gasteiger partial charge in [0.2, 0.25) is 0 Å². The third kappa shape index (κ3) is 5.08. The van der Waals surface area contributed by atoms with Gasteiger partial charge in [-0.2, -0.15) is 5.10 Å². The van der Waals surface area contributed by atoms with Gasteiger partial charge in [0.05, 0.1) is 25.3 Å². The van der Waals surface area contributed by atoms with Crippen molar-refractivity contribution < 1.29 is 28.2 Å². The van der Waals surface area contributed by atoms with Crippen molar-refractivity contribution in [3.8, 4) is 23.0 Å². The van der Waals surface area contributed by atoms with Gasteiger partial charge in [0.1, 0.15) is 23.0 Å². The SMILES string of the molecule is COc1ccc2cc1OCCCNC(=O)c1cc(ccc1F)Oc1ccc3c(c1)CCN(C(=O)c1ccnn1C)C23. The van der Waals surface area contributed by atoms with E-state index < -0.39 is 17.8 Å². The highest BCUT2D eigenvalue weighted by atomic mass is 19.1. The molecular formula is C31H29FN4O5. The van der Waals surface area contributed by atoms with Crippen LogP contribution in [0.25, 0.3) is 0 Å². The number of halogens is 1. The first-order chi connectivity index (χ1) is 19.9. The molecule has 0 saturated carbocycles. The number of aromatic nitrogens is 2. The Bertz CT molecular complexity index is 1630. The number of ether oxygens (including phenoxy) is 3. The molecule has 1 N–H and O–H groups in total. The average Bonchev–Trinajstić information content (AvgIpc) is 3.42. The molecule has 0 spiro atoms. The number of benzene rings is 3. The first kappa shape index (κ1) is 26.4. The second-order valence-corrected chi connectivity index (χ2v) is 9.96. The van der Waals surface area contributed by atoms with E-state index in [1.165, 1.54) is 18.2 Å². The molecule has 210 valence electrons. The first-order valence-electron chi connectivity index (χ1n) is 13.4. The zero-order chi connectivity index (χ0) is 28.5.